The minimum absolute atomic E-state index is 0.156. The maximum Gasteiger partial charge on any atom is 0.127 e. The summed E-state index contributed by atoms with van der Waals surface area (Å²) in [7, 11) is 2.00. The molecular weight excluding hydrogens is 262 g/mol. The lowest BCUT2D eigenvalue weighted by Crippen LogP contribution is -2.18. The highest BCUT2D eigenvalue weighted by Gasteiger charge is 2.23. The number of nitrogens with one attached hydrogen (secondary N) is 1. The Hall–Kier alpha value is -2.00. The summed E-state index contributed by atoms with van der Waals surface area (Å²) in [5, 5.41) is 3.43. The van der Waals surface area contributed by atoms with Gasteiger partial charge in [-0.3, -0.25) is 0 Å². The van der Waals surface area contributed by atoms with Crippen LogP contribution in [-0.4, -0.2) is 20.3 Å². The van der Waals surface area contributed by atoms with E-state index in [0.29, 0.717) is 0 Å². The lowest BCUT2D eigenvalue weighted by atomic mass is 9.94. The molecule has 0 radical (unpaired) electrons. The molecule has 0 aliphatic carbocycles. The topological polar surface area (TPSA) is 30.5 Å². The van der Waals surface area contributed by atoms with Crippen molar-refractivity contribution < 1.29 is 9.47 Å². The second-order valence-corrected chi connectivity index (χ2v) is 5.62. The summed E-state index contributed by atoms with van der Waals surface area (Å²) in [5.41, 5.74) is 5.12. The molecule has 0 bridgehead atoms. The summed E-state index contributed by atoms with van der Waals surface area (Å²) >= 11 is 0. The molecule has 4 rings (SSSR count). The predicted octanol–water partition coefficient (Wildman–Crippen LogP) is 2.87. The molecule has 0 aromatic heterocycles. The molecular formula is C18H19NO2. The van der Waals surface area contributed by atoms with Crippen LogP contribution < -0.4 is 14.8 Å². The lowest BCUT2D eigenvalue weighted by Gasteiger charge is -2.20. The Morgan fingerprint density at radius 2 is 1.86 bits per heavy atom. The Morgan fingerprint density at radius 3 is 2.76 bits per heavy atom. The molecule has 108 valence electrons. The van der Waals surface area contributed by atoms with E-state index in [0.717, 1.165) is 37.6 Å². The molecule has 0 saturated carbocycles. The molecule has 2 heterocycles. The minimum Gasteiger partial charge on any atom is -0.493 e. The Morgan fingerprint density at radius 1 is 1.00 bits per heavy atom. The first-order valence-electron chi connectivity index (χ1n) is 7.54. The zero-order chi connectivity index (χ0) is 14.2. The fourth-order valence-corrected chi connectivity index (χ4v) is 3.36. The molecule has 0 spiro atoms. The largest absolute Gasteiger partial charge is 0.493 e. The zero-order valence-electron chi connectivity index (χ0n) is 12.2. The summed E-state index contributed by atoms with van der Waals surface area (Å²) in [6.45, 7) is 1.59. The number of hydrogen-bond donors (Lipinski definition) is 1. The van der Waals surface area contributed by atoms with Gasteiger partial charge in [-0.15, -0.1) is 0 Å². The summed E-state index contributed by atoms with van der Waals surface area (Å²) in [6, 6.07) is 13.1. The third kappa shape index (κ3) is 2.09. The number of para-hydroxylation sites is 1. The minimum atomic E-state index is 0.156. The molecule has 3 heteroatoms. The number of benzene rings is 2. The molecule has 0 amide bonds. The van der Waals surface area contributed by atoms with E-state index in [-0.39, 0.29) is 6.04 Å². The highest BCUT2D eigenvalue weighted by atomic mass is 16.5. The van der Waals surface area contributed by atoms with Gasteiger partial charge >= 0.3 is 0 Å². The summed E-state index contributed by atoms with van der Waals surface area (Å²) in [5.74, 6) is 2.09. The van der Waals surface area contributed by atoms with E-state index in [4.69, 9.17) is 9.47 Å². The van der Waals surface area contributed by atoms with Crippen LogP contribution in [0.3, 0.4) is 0 Å². The second-order valence-electron chi connectivity index (χ2n) is 5.62. The van der Waals surface area contributed by atoms with Crippen LogP contribution in [0.15, 0.2) is 36.4 Å². The summed E-state index contributed by atoms with van der Waals surface area (Å²) in [6.07, 6.45) is 2.01. The molecule has 3 nitrogen and oxygen atoms in total. The summed E-state index contributed by atoms with van der Waals surface area (Å²) in [4.78, 5) is 0. The molecule has 2 aromatic rings. The van der Waals surface area contributed by atoms with Gasteiger partial charge in [-0.05, 0) is 29.8 Å². The maximum atomic E-state index is 5.86. The van der Waals surface area contributed by atoms with Crippen molar-refractivity contribution in [2.75, 3.05) is 20.3 Å². The van der Waals surface area contributed by atoms with Gasteiger partial charge < -0.3 is 14.8 Å². The highest BCUT2D eigenvalue weighted by Crippen LogP contribution is 2.37. The van der Waals surface area contributed by atoms with E-state index in [1.165, 1.54) is 22.3 Å². The Kier molecular flexibility index (Phi) is 3.08. The second kappa shape index (κ2) is 5.08. The van der Waals surface area contributed by atoms with Crippen molar-refractivity contribution in [3.8, 4) is 11.5 Å². The quantitative estimate of drug-likeness (QED) is 0.938. The predicted molar refractivity (Wildman–Crippen MR) is 82.2 cm³/mol. The van der Waals surface area contributed by atoms with E-state index in [1.54, 1.807) is 0 Å². The van der Waals surface area contributed by atoms with Gasteiger partial charge in [0, 0.05) is 18.4 Å². The van der Waals surface area contributed by atoms with E-state index in [1.807, 2.05) is 7.05 Å². The van der Waals surface area contributed by atoms with Crippen LogP contribution in [0.25, 0.3) is 0 Å². The van der Waals surface area contributed by atoms with Crippen molar-refractivity contribution in [2.45, 2.75) is 18.9 Å². The Bertz CT molecular complexity index is 681. The lowest BCUT2D eigenvalue weighted by molar-refractivity contribution is 0.351. The van der Waals surface area contributed by atoms with Crippen LogP contribution in [0, 0.1) is 0 Å². The van der Waals surface area contributed by atoms with E-state index in [2.05, 4.69) is 41.7 Å². The molecule has 2 aromatic carbocycles. The fourth-order valence-electron chi connectivity index (χ4n) is 3.36. The van der Waals surface area contributed by atoms with Gasteiger partial charge in [-0.2, -0.15) is 0 Å². The third-order valence-corrected chi connectivity index (χ3v) is 4.39. The van der Waals surface area contributed by atoms with Gasteiger partial charge in [0.1, 0.15) is 11.5 Å². The average molecular weight is 281 g/mol. The molecule has 0 saturated heterocycles. The van der Waals surface area contributed by atoms with Gasteiger partial charge in [0.05, 0.1) is 19.3 Å². The van der Waals surface area contributed by atoms with Crippen molar-refractivity contribution in [2.24, 2.45) is 0 Å². The van der Waals surface area contributed by atoms with Crippen LogP contribution >= 0.6 is 0 Å². The van der Waals surface area contributed by atoms with Crippen LogP contribution in [-0.2, 0) is 12.8 Å². The SMILES string of the molecule is CNC(c1ccc2c(c1)CCO2)c1cccc2c1OCC2. The fraction of sp³-hybridized carbons (Fsp3) is 0.333. The van der Waals surface area contributed by atoms with Crippen LogP contribution in [0.1, 0.15) is 28.3 Å². The number of ether oxygens (including phenoxy) is 2. The van der Waals surface area contributed by atoms with Crippen molar-refractivity contribution >= 4 is 0 Å². The highest BCUT2D eigenvalue weighted by molar-refractivity contribution is 5.50. The first kappa shape index (κ1) is 12.7. The molecule has 2 aliphatic heterocycles. The van der Waals surface area contributed by atoms with E-state index >= 15 is 0 Å². The van der Waals surface area contributed by atoms with Gasteiger partial charge in [0.2, 0.25) is 0 Å². The van der Waals surface area contributed by atoms with Gasteiger partial charge in [-0.25, -0.2) is 0 Å². The van der Waals surface area contributed by atoms with Crippen molar-refractivity contribution in [3.63, 3.8) is 0 Å². The van der Waals surface area contributed by atoms with Gasteiger partial charge in [-0.1, -0.05) is 30.3 Å². The third-order valence-electron chi connectivity index (χ3n) is 4.39. The Balaban J connectivity index is 1.77. The van der Waals surface area contributed by atoms with Crippen LogP contribution in [0.2, 0.25) is 0 Å². The first-order chi connectivity index (χ1) is 10.4. The number of fused-ring (bicyclic) bond motifs is 2. The monoisotopic (exact) mass is 281 g/mol. The smallest absolute Gasteiger partial charge is 0.127 e. The van der Waals surface area contributed by atoms with Crippen molar-refractivity contribution in [1.29, 1.82) is 0 Å². The standard InChI is InChI=1S/C18H19NO2/c1-19-17(14-5-6-16-13(11-14)8-9-20-16)15-4-2-3-12-7-10-21-18(12)15/h2-6,11,17,19H,7-10H2,1H3. The first-order valence-corrected chi connectivity index (χ1v) is 7.54. The van der Waals surface area contributed by atoms with E-state index < -0.39 is 0 Å². The summed E-state index contributed by atoms with van der Waals surface area (Å²) < 4.78 is 11.5. The molecule has 1 atom stereocenters. The zero-order valence-corrected chi connectivity index (χ0v) is 12.2. The van der Waals surface area contributed by atoms with Crippen LogP contribution in [0.5, 0.6) is 11.5 Å². The maximum absolute atomic E-state index is 5.86. The average Bonchev–Trinajstić information content (AvgIpc) is 3.16. The molecule has 21 heavy (non-hydrogen) atoms. The van der Waals surface area contributed by atoms with Crippen LogP contribution in [0.4, 0.5) is 0 Å². The van der Waals surface area contributed by atoms with Gasteiger partial charge in [0.25, 0.3) is 0 Å². The Labute approximate surface area is 124 Å². The molecule has 2 aliphatic rings. The van der Waals surface area contributed by atoms with Gasteiger partial charge in [0.15, 0.2) is 0 Å². The molecule has 1 N–H and O–H groups in total. The molecule has 1 unspecified atom stereocenters. The van der Waals surface area contributed by atoms with Crippen molar-refractivity contribution in [3.05, 3.63) is 58.7 Å². The van der Waals surface area contributed by atoms with E-state index in [9.17, 15) is 0 Å². The normalized spacial score (nSPS) is 16.8. The van der Waals surface area contributed by atoms with Crippen molar-refractivity contribution in [1.82, 2.24) is 5.32 Å². The number of rotatable bonds is 3. The number of hydrogen-bond acceptors (Lipinski definition) is 3. The molecule has 0 fully saturated rings.